The molecule has 0 bridgehead atoms. The maximum absolute atomic E-state index is 9.65. The molecule has 0 aliphatic heterocycles. The molecular formula is C20H16N4. The molecule has 0 saturated carbocycles. The van der Waals surface area contributed by atoms with Crippen molar-refractivity contribution in [3.8, 4) is 24.3 Å². The molecule has 0 unspecified atom stereocenters. The predicted octanol–water partition coefficient (Wildman–Crippen LogP) is 4.01. The number of nitriles is 4. The van der Waals surface area contributed by atoms with Crippen LogP contribution in [0.15, 0.2) is 6.07 Å². The van der Waals surface area contributed by atoms with Crippen LogP contribution >= 0.6 is 0 Å². The van der Waals surface area contributed by atoms with E-state index in [0.717, 1.165) is 24.0 Å². The molecule has 0 aliphatic rings. The first-order valence-electron chi connectivity index (χ1n) is 7.90. The summed E-state index contributed by atoms with van der Waals surface area (Å²) in [6.45, 7) is 6.11. The van der Waals surface area contributed by atoms with Gasteiger partial charge in [0.05, 0.1) is 22.3 Å². The highest BCUT2D eigenvalue weighted by molar-refractivity contribution is 6.00. The molecule has 0 spiro atoms. The largest absolute Gasteiger partial charge is 0.192 e. The first kappa shape index (κ1) is 17.0. The number of benzene rings is 2. The molecule has 0 radical (unpaired) electrons. The summed E-state index contributed by atoms with van der Waals surface area (Å²) in [5.41, 5.74) is 3.69. The van der Waals surface area contributed by atoms with Gasteiger partial charge >= 0.3 is 0 Å². The molecule has 0 N–H and O–H groups in total. The summed E-state index contributed by atoms with van der Waals surface area (Å²) in [5, 5.41) is 39.4. The summed E-state index contributed by atoms with van der Waals surface area (Å²) >= 11 is 0. The molecule has 2 rings (SSSR count). The number of hydrogen-bond donors (Lipinski definition) is 0. The Kier molecular flexibility index (Phi) is 4.84. The Morgan fingerprint density at radius 1 is 0.667 bits per heavy atom. The average Bonchev–Trinajstić information content (AvgIpc) is 2.63. The van der Waals surface area contributed by atoms with Gasteiger partial charge in [0.1, 0.15) is 24.3 Å². The highest BCUT2D eigenvalue weighted by Crippen LogP contribution is 2.36. The van der Waals surface area contributed by atoms with Gasteiger partial charge in [0.2, 0.25) is 0 Å². The van der Waals surface area contributed by atoms with E-state index in [0.29, 0.717) is 17.2 Å². The van der Waals surface area contributed by atoms with Gasteiger partial charge in [-0.2, -0.15) is 21.0 Å². The number of nitrogens with zero attached hydrogens (tertiary/aromatic N) is 4. The van der Waals surface area contributed by atoms with Crippen molar-refractivity contribution in [3.05, 3.63) is 45.0 Å². The standard InChI is InChI=1S/C20H16N4/c1-4-12-7-15-16(8-21)17(9-22)18(10-23)19(11-24)20(15)14(6-3)13(12)5-2/h7H,4-6H2,1-3H3. The second-order valence-corrected chi connectivity index (χ2v) is 5.42. The molecular weight excluding hydrogens is 296 g/mol. The van der Waals surface area contributed by atoms with E-state index in [1.54, 1.807) is 0 Å². The zero-order valence-corrected chi connectivity index (χ0v) is 14.0. The van der Waals surface area contributed by atoms with Crippen molar-refractivity contribution < 1.29 is 0 Å². The van der Waals surface area contributed by atoms with Crippen LogP contribution in [0.3, 0.4) is 0 Å². The van der Waals surface area contributed by atoms with E-state index in [-0.39, 0.29) is 22.3 Å². The maximum atomic E-state index is 9.65. The quantitative estimate of drug-likeness (QED) is 0.855. The summed E-state index contributed by atoms with van der Waals surface area (Å²) in [6.07, 6.45) is 2.32. The average molecular weight is 312 g/mol. The lowest BCUT2D eigenvalue weighted by Crippen LogP contribution is -2.05. The van der Waals surface area contributed by atoms with E-state index in [1.165, 1.54) is 5.56 Å². The lowest BCUT2D eigenvalue weighted by Gasteiger charge is -2.18. The first-order valence-corrected chi connectivity index (χ1v) is 7.90. The zero-order chi connectivity index (χ0) is 17.9. The van der Waals surface area contributed by atoms with Crippen molar-refractivity contribution in [2.75, 3.05) is 0 Å². The lowest BCUT2D eigenvalue weighted by molar-refractivity contribution is 0.993. The predicted molar refractivity (Wildman–Crippen MR) is 90.9 cm³/mol. The molecule has 0 atom stereocenters. The van der Waals surface area contributed by atoms with Gasteiger partial charge in [0.15, 0.2) is 0 Å². The monoisotopic (exact) mass is 312 g/mol. The second-order valence-electron chi connectivity index (χ2n) is 5.42. The molecule has 0 amide bonds. The zero-order valence-electron chi connectivity index (χ0n) is 14.0. The summed E-state index contributed by atoms with van der Waals surface area (Å²) in [5.74, 6) is 0. The Morgan fingerprint density at radius 3 is 1.58 bits per heavy atom. The Labute approximate surface area is 141 Å². The minimum absolute atomic E-state index is 0.00240. The lowest BCUT2D eigenvalue weighted by atomic mass is 9.83. The summed E-state index contributed by atoms with van der Waals surface area (Å²) in [6, 6.07) is 9.97. The molecule has 4 heteroatoms. The van der Waals surface area contributed by atoms with Crippen molar-refractivity contribution >= 4 is 10.8 Å². The Balaban J connectivity index is 3.31. The Morgan fingerprint density at radius 2 is 1.17 bits per heavy atom. The van der Waals surface area contributed by atoms with Crippen LogP contribution in [0.25, 0.3) is 10.8 Å². The van der Waals surface area contributed by atoms with Crippen molar-refractivity contribution in [3.63, 3.8) is 0 Å². The number of fused-ring (bicyclic) bond motifs is 1. The third kappa shape index (κ3) is 2.27. The second kappa shape index (κ2) is 6.83. The first-order chi connectivity index (χ1) is 11.6. The summed E-state index contributed by atoms with van der Waals surface area (Å²) < 4.78 is 0. The SMILES string of the molecule is CCc1cc2c(C#N)c(C#N)c(C#N)c(C#N)c2c(CC)c1CC. The van der Waals surface area contributed by atoms with Gasteiger partial charge in [0, 0.05) is 10.8 Å². The van der Waals surface area contributed by atoms with Gasteiger partial charge in [-0.3, -0.25) is 0 Å². The smallest absolute Gasteiger partial charge is 0.102 e. The highest BCUT2D eigenvalue weighted by atomic mass is 14.4. The van der Waals surface area contributed by atoms with Crippen LogP contribution in [0, 0.1) is 45.3 Å². The molecule has 2 aromatic carbocycles. The van der Waals surface area contributed by atoms with E-state index in [4.69, 9.17) is 0 Å². The van der Waals surface area contributed by atoms with Crippen LogP contribution in [-0.4, -0.2) is 0 Å². The van der Waals surface area contributed by atoms with Gasteiger partial charge in [-0.15, -0.1) is 0 Å². The van der Waals surface area contributed by atoms with E-state index in [2.05, 4.69) is 19.1 Å². The fourth-order valence-electron chi connectivity index (χ4n) is 3.43. The molecule has 2 aromatic rings. The van der Waals surface area contributed by atoms with Crippen molar-refractivity contribution in [1.82, 2.24) is 0 Å². The van der Waals surface area contributed by atoms with E-state index < -0.39 is 0 Å². The molecule has 0 aliphatic carbocycles. The van der Waals surface area contributed by atoms with Gasteiger partial charge in [-0.25, -0.2) is 0 Å². The molecule has 4 nitrogen and oxygen atoms in total. The third-order valence-corrected chi connectivity index (χ3v) is 4.45. The van der Waals surface area contributed by atoms with Crippen LogP contribution in [-0.2, 0) is 19.3 Å². The van der Waals surface area contributed by atoms with Gasteiger partial charge in [-0.05, 0) is 42.0 Å². The fraction of sp³-hybridized carbons (Fsp3) is 0.300. The number of hydrogen-bond acceptors (Lipinski definition) is 4. The highest BCUT2D eigenvalue weighted by Gasteiger charge is 2.23. The number of aryl methyl sites for hydroxylation is 2. The molecule has 24 heavy (non-hydrogen) atoms. The van der Waals surface area contributed by atoms with E-state index in [9.17, 15) is 21.0 Å². The summed E-state index contributed by atoms with van der Waals surface area (Å²) in [4.78, 5) is 0. The van der Waals surface area contributed by atoms with Gasteiger partial charge in [-0.1, -0.05) is 20.8 Å². The van der Waals surface area contributed by atoms with Crippen LogP contribution in [0.1, 0.15) is 59.7 Å². The molecule has 0 aromatic heterocycles. The number of rotatable bonds is 3. The van der Waals surface area contributed by atoms with Gasteiger partial charge in [0.25, 0.3) is 0 Å². The molecule has 0 heterocycles. The Hall–Kier alpha value is -3.34. The topological polar surface area (TPSA) is 95.2 Å². The van der Waals surface area contributed by atoms with Crippen molar-refractivity contribution in [2.24, 2.45) is 0 Å². The van der Waals surface area contributed by atoms with Gasteiger partial charge < -0.3 is 0 Å². The third-order valence-electron chi connectivity index (χ3n) is 4.45. The molecule has 116 valence electrons. The Bertz CT molecular complexity index is 1000. The fourth-order valence-corrected chi connectivity index (χ4v) is 3.43. The maximum Gasteiger partial charge on any atom is 0.102 e. The molecule has 0 saturated heterocycles. The normalized spacial score (nSPS) is 9.79. The van der Waals surface area contributed by atoms with E-state index >= 15 is 0 Å². The molecule has 0 fully saturated rings. The minimum Gasteiger partial charge on any atom is -0.192 e. The summed E-state index contributed by atoms with van der Waals surface area (Å²) in [7, 11) is 0. The van der Waals surface area contributed by atoms with Crippen LogP contribution in [0.2, 0.25) is 0 Å². The minimum atomic E-state index is -0.00240. The van der Waals surface area contributed by atoms with E-state index in [1.807, 2.05) is 32.1 Å². The van der Waals surface area contributed by atoms with Crippen LogP contribution in [0.5, 0.6) is 0 Å². The van der Waals surface area contributed by atoms with Crippen molar-refractivity contribution in [2.45, 2.75) is 40.0 Å². The van der Waals surface area contributed by atoms with Crippen molar-refractivity contribution in [1.29, 1.82) is 21.0 Å². The van der Waals surface area contributed by atoms with Crippen LogP contribution in [0.4, 0.5) is 0 Å². The van der Waals surface area contributed by atoms with Crippen LogP contribution < -0.4 is 0 Å².